The van der Waals surface area contributed by atoms with Gasteiger partial charge in [0.15, 0.2) is 0 Å². The minimum absolute atomic E-state index is 0.151. The Labute approximate surface area is 155 Å². The first kappa shape index (κ1) is 19.4. The molecule has 136 valence electrons. The normalized spacial score (nSPS) is 11.1. The van der Waals surface area contributed by atoms with Crippen LogP contribution >= 0.6 is 0 Å². The summed E-state index contributed by atoms with van der Waals surface area (Å²) in [5, 5.41) is 2.81. The molecule has 0 saturated heterocycles. The van der Waals surface area contributed by atoms with Gasteiger partial charge in [-0.05, 0) is 36.6 Å². The molecule has 2 rings (SSSR count). The topological polar surface area (TPSA) is 49.4 Å². The first-order valence-corrected chi connectivity index (χ1v) is 9.08. The molecule has 26 heavy (non-hydrogen) atoms. The molecule has 2 aromatic carbocycles. The molecule has 4 nitrogen and oxygen atoms in total. The second-order valence-corrected chi connectivity index (χ2v) is 6.08. The lowest BCUT2D eigenvalue weighted by molar-refractivity contribution is -0.127. The summed E-state index contributed by atoms with van der Waals surface area (Å²) in [6, 6.07) is 18.5. The number of carbonyl (C=O) groups excluding carboxylic acids is 2. The molecular formula is C22H26N2O2. The van der Waals surface area contributed by atoms with E-state index in [-0.39, 0.29) is 11.8 Å². The standard InChI is InChI=1S/C22H26N2O2/c1-3-15-24(16-4-2)22(26)20(17-18-11-7-5-8-12-18)23-21(25)19-13-9-6-10-14-19/h5-14,17H,3-4,15-16H2,1-2H3,(H,23,25). The van der Waals surface area contributed by atoms with Crippen LogP contribution in [-0.2, 0) is 4.79 Å². The van der Waals surface area contributed by atoms with E-state index in [2.05, 4.69) is 5.32 Å². The van der Waals surface area contributed by atoms with Gasteiger partial charge in [0.05, 0.1) is 0 Å². The van der Waals surface area contributed by atoms with E-state index in [0.717, 1.165) is 18.4 Å². The van der Waals surface area contributed by atoms with Crippen molar-refractivity contribution in [2.75, 3.05) is 13.1 Å². The SMILES string of the molecule is CCCN(CCC)C(=O)C(=Cc1ccccc1)NC(=O)c1ccccc1. The molecule has 0 saturated carbocycles. The summed E-state index contributed by atoms with van der Waals surface area (Å²) in [6.07, 6.45) is 3.48. The van der Waals surface area contributed by atoms with Gasteiger partial charge in [0.2, 0.25) is 0 Å². The maximum absolute atomic E-state index is 13.0. The molecule has 0 fully saturated rings. The summed E-state index contributed by atoms with van der Waals surface area (Å²) in [5.74, 6) is -0.434. The van der Waals surface area contributed by atoms with Crippen LogP contribution in [0.2, 0.25) is 0 Å². The molecule has 0 spiro atoms. The van der Waals surface area contributed by atoms with Gasteiger partial charge in [-0.2, -0.15) is 0 Å². The predicted molar refractivity (Wildman–Crippen MR) is 105 cm³/mol. The summed E-state index contributed by atoms with van der Waals surface area (Å²) < 4.78 is 0. The molecule has 0 aromatic heterocycles. The Morgan fingerprint density at radius 1 is 0.885 bits per heavy atom. The van der Waals surface area contributed by atoms with Crippen molar-refractivity contribution in [1.29, 1.82) is 0 Å². The zero-order valence-corrected chi connectivity index (χ0v) is 15.4. The number of benzene rings is 2. The van der Waals surface area contributed by atoms with E-state index in [0.29, 0.717) is 24.4 Å². The van der Waals surface area contributed by atoms with Gasteiger partial charge in [-0.3, -0.25) is 9.59 Å². The van der Waals surface area contributed by atoms with E-state index in [1.807, 2.05) is 50.2 Å². The number of nitrogens with one attached hydrogen (secondary N) is 1. The van der Waals surface area contributed by atoms with Crippen LogP contribution in [0, 0.1) is 0 Å². The third-order valence-corrected chi connectivity index (χ3v) is 3.90. The number of nitrogens with zero attached hydrogens (tertiary/aromatic N) is 1. The van der Waals surface area contributed by atoms with Crippen LogP contribution in [0.1, 0.15) is 42.6 Å². The molecule has 0 unspecified atom stereocenters. The van der Waals surface area contributed by atoms with Crippen molar-refractivity contribution in [2.45, 2.75) is 26.7 Å². The van der Waals surface area contributed by atoms with E-state index < -0.39 is 0 Å². The van der Waals surface area contributed by atoms with Crippen molar-refractivity contribution >= 4 is 17.9 Å². The zero-order valence-electron chi connectivity index (χ0n) is 15.4. The largest absolute Gasteiger partial charge is 0.337 e. The first-order valence-electron chi connectivity index (χ1n) is 9.08. The van der Waals surface area contributed by atoms with Gasteiger partial charge in [0, 0.05) is 18.7 Å². The Bertz CT molecular complexity index is 733. The lowest BCUT2D eigenvalue weighted by Crippen LogP contribution is -2.39. The van der Waals surface area contributed by atoms with Crippen LogP contribution in [-0.4, -0.2) is 29.8 Å². The maximum atomic E-state index is 13.0. The van der Waals surface area contributed by atoms with Crippen molar-refractivity contribution in [3.05, 3.63) is 77.5 Å². The van der Waals surface area contributed by atoms with Gasteiger partial charge in [-0.25, -0.2) is 0 Å². The van der Waals surface area contributed by atoms with E-state index >= 15 is 0 Å². The van der Waals surface area contributed by atoms with Gasteiger partial charge in [-0.1, -0.05) is 62.4 Å². The summed E-state index contributed by atoms with van der Waals surface area (Å²) in [7, 11) is 0. The molecule has 0 aliphatic heterocycles. The second kappa shape index (κ2) is 10.2. The van der Waals surface area contributed by atoms with E-state index in [1.54, 1.807) is 35.2 Å². The molecule has 4 heteroatoms. The highest BCUT2D eigenvalue weighted by Crippen LogP contribution is 2.10. The van der Waals surface area contributed by atoms with E-state index in [9.17, 15) is 9.59 Å². The summed E-state index contributed by atoms with van der Waals surface area (Å²) in [4.78, 5) is 27.4. The minimum Gasteiger partial charge on any atom is -0.337 e. The predicted octanol–water partition coefficient (Wildman–Crippen LogP) is 4.11. The van der Waals surface area contributed by atoms with Crippen molar-refractivity contribution < 1.29 is 9.59 Å². The fourth-order valence-corrected chi connectivity index (χ4v) is 2.68. The highest BCUT2D eigenvalue weighted by atomic mass is 16.2. The smallest absolute Gasteiger partial charge is 0.270 e. The number of hydrogen-bond donors (Lipinski definition) is 1. The molecule has 0 heterocycles. The molecule has 2 amide bonds. The van der Waals surface area contributed by atoms with Crippen LogP contribution in [0.3, 0.4) is 0 Å². The van der Waals surface area contributed by atoms with Crippen molar-refractivity contribution in [2.24, 2.45) is 0 Å². The van der Waals surface area contributed by atoms with Crippen molar-refractivity contribution in [1.82, 2.24) is 10.2 Å². The van der Waals surface area contributed by atoms with E-state index in [1.165, 1.54) is 0 Å². The molecule has 2 aromatic rings. The monoisotopic (exact) mass is 350 g/mol. The Morgan fingerprint density at radius 2 is 1.42 bits per heavy atom. The Hall–Kier alpha value is -2.88. The summed E-state index contributed by atoms with van der Waals surface area (Å²) in [5.41, 5.74) is 1.70. The van der Waals surface area contributed by atoms with Crippen molar-refractivity contribution in [3.8, 4) is 0 Å². The first-order chi connectivity index (χ1) is 12.7. The lowest BCUT2D eigenvalue weighted by atomic mass is 10.1. The van der Waals surface area contributed by atoms with Crippen LogP contribution in [0.5, 0.6) is 0 Å². The fourth-order valence-electron chi connectivity index (χ4n) is 2.68. The van der Waals surface area contributed by atoms with Gasteiger partial charge < -0.3 is 10.2 Å². The van der Waals surface area contributed by atoms with Crippen LogP contribution in [0.15, 0.2) is 66.4 Å². The molecule has 0 atom stereocenters. The second-order valence-electron chi connectivity index (χ2n) is 6.08. The molecule has 0 bridgehead atoms. The van der Waals surface area contributed by atoms with Gasteiger partial charge >= 0.3 is 0 Å². The van der Waals surface area contributed by atoms with Crippen LogP contribution in [0.4, 0.5) is 0 Å². The number of rotatable bonds is 8. The quantitative estimate of drug-likeness (QED) is 0.729. The Kier molecular flexibility index (Phi) is 7.62. The Balaban J connectivity index is 2.31. The fraction of sp³-hybridized carbons (Fsp3) is 0.273. The number of amides is 2. The molecule has 0 aliphatic carbocycles. The molecule has 1 N–H and O–H groups in total. The lowest BCUT2D eigenvalue weighted by Gasteiger charge is -2.23. The molecule has 0 aliphatic rings. The Morgan fingerprint density at radius 3 is 1.96 bits per heavy atom. The van der Waals surface area contributed by atoms with Crippen LogP contribution < -0.4 is 5.32 Å². The average molecular weight is 350 g/mol. The van der Waals surface area contributed by atoms with Gasteiger partial charge in [0.25, 0.3) is 11.8 Å². The highest BCUT2D eigenvalue weighted by molar-refractivity contribution is 6.05. The third kappa shape index (κ3) is 5.59. The molecule has 0 radical (unpaired) electrons. The molecular weight excluding hydrogens is 324 g/mol. The number of carbonyl (C=O) groups is 2. The highest BCUT2D eigenvalue weighted by Gasteiger charge is 2.19. The van der Waals surface area contributed by atoms with Crippen LogP contribution in [0.25, 0.3) is 6.08 Å². The average Bonchev–Trinajstić information content (AvgIpc) is 2.68. The van der Waals surface area contributed by atoms with Gasteiger partial charge in [0.1, 0.15) is 5.70 Å². The summed E-state index contributed by atoms with van der Waals surface area (Å²) >= 11 is 0. The van der Waals surface area contributed by atoms with E-state index in [4.69, 9.17) is 0 Å². The van der Waals surface area contributed by atoms with Gasteiger partial charge in [-0.15, -0.1) is 0 Å². The zero-order chi connectivity index (χ0) is 18.8. The number of hydrogen-bond acceptors (Lipinski definition) is 2. The summed E-state index contributed by atoms with van der Waals surface area (Å²) in [6.45, 7) is 5.41. The minimum atomic E-state index is -0.283. The maximum Gasteiger partial charge on any atom is 0.270 e. The van der Waals surface area contributed by atoms with Crippen molar-refractivity contribution in [3.63, 3.8) is 0 Å². The third-order valence-electron chi connectivity index (χ3n) is 3.90.